The van der Waals surface area contributed by atoms with E-state index in [1.165, 1.54) is 0 Å². The zero-order chi connectivity index (χ0) is 11.7. The Morgan fingerprint density at radius 1 is 1.31 bits per heavy atom. The third-order valence-electron chi connectivity index (χ3n) is 2.83. The van der Waals surface area contributed by atoms with Crippen molar-refractivity contribution in [1.29, 1.82) is 0 Å². The number of hydrogen-bond acceptors (Lipinski definition) is 1. The number of hydrogen-bond donors (Lipinski definition) is 0. The molecule has 2 nitrogen and oxygen atoms in total. The lowest BCUT2D eigenvalue weighted by molar-refractivity contribution is 0.0960. The molecule has 0 fully saturated rings. The molecule has 16 heavy (non-hydrogen) atoms. The van der Waals surface area contributed by atoms with Gasteiger partial charge in [-0.1, -0.05) is 32.0 Å². The molecule has 2 rings (SSSR count). The van der Waals surface area contributed by atoms with Gasteiger partial charge in [0, 0.05) is 24.4 Å². The first-order valence-corrected chi connectivity index (χ1v) is 5.67. The van der Waals surface area contributed by atoms with Crippen LogP contribution < -0.4 is 0 Å². The number of nitrogens with zero attached hydrogens (tertiary/aromatic N) is 1. The SMILES string of the molecule is CC(C)CC(=O)c1cc2ccccc2n1C. The lowest BCUT2D eigenvalue weighted by atomic mass is 10.1. The third kappa shape index (κ3) is 1.87. The van der Waals surface area contributed by atoms with E-state index in [0.717, 1.165) is 16.6 Å². The second kappa shape index (κ2) is 4.12. The maximum atomic E-state index is 12.0. The van der Waals surface area contributed by atoms with Crippen LogP contribution in [0.3, 0.4) is 0 Å². The van der Waals surface area contributed by atoms with E-state index >= 15 is 0 Å². The number of Topliss-reactive ketones (excluding diaryl/α,β-unsaturated/α-hetero) is 1. The van der Waals surface area contributed by atoms with Crippen LogP contribution in [0, 0.1) is 5.92 Å². The van der Waals surface area contributed by atoms with Crippen molar-refractivity contribution in [3.8, 4) is 0 Å². The van der Waals surface area contributed by atoms with Crippen LogP contribution in [-0.4, -0.2) is 10.4 Å². The Morgan fingerprint density at radius 3 is 2.62 bits per heavy atom. The topological polar surface area (TPSA) is 22.0 Å². The quantitative estimate of drug-likeness (QED) is 0.719. The van der Waals surface area contributed by atoms with Gasteiger partial charge in [-0.2, -0.15) is 0 Å². The summed E-state index contributed by atoms with van der Waals surface area (Å²) in [5.41, 5.74) is 1.93. The van der Waals surface area contributed by atoms with Crippen LogP contribution in [0.2, 0.25) is 0 Å². The first-order chi connectivity index (χ1) is 7.59. The van der Waals surface area contributed by atoms with E-state index in [-0.39, 0.29) is 5.78 Å². The van der Waals surface area contributed by atoms with Crippen LogP contribution in [-0.2, 0) is 7.05 Å². The van der Waals surface area contributed by atoms with Gasteiger partial charge in [-0.25, -0.2) is 0 Å². The molecular formula is C14H17NO. The Hall–Kier alpha value is -1.57. The van der Waals surface area contributed by atoms with E-state index in [2.05, 4.69) is 13.8 Å². The fraction of sp³-hybridized carbons (Fsp3) is 0.357. The fourth-order valence-corrected chi connectivity index (χ4v) is 2.03. The van der Waals surface area contributed by atoms with Crippen molar-refractivity contribution in [2.75, 3.05) is 0 Å². The van der Waals surface area contributed by atoms with Crippen LogP contribution in [0.25, 0.3) is 10.9 Å². The summed E-state index contributed by atoms with van der Waals surface area (Å²) in [6.07, 6.45) is 0.615. The van der Waals surface area contributed by atoms with Crippen LogP contribution in [0.4, 0.5) is 0 Å². The van der Waals surface area contributed by atoms with Gasteiger partial charge in [-0.3, -0.25) is 4.79 Å². The molecule has 0 N–H and O–H groups in total. The molecule has 0 atom stereocenters. The monoisotopic (exact) mass is 215 g/mol. The average Bonchev–Trinajstić information content (AvgIpc) is 2.56. The molecule has 0 aliphatic heterocycles. The summed E-state index contributed by atoms with van der Waals surface area (Å²) in [6.45, 7) is 4.14. The number of aryl methyl sites for hydroxylation is 1. The van der Waals surface area contributed by atoms with Gasteiger partial charge >= 0.3 is 0 Å². The van der Waals surface area contributed by atoms with Gasteiger partial charge in [0.15, 0.2) is 5.78 Å². The average molecular weight is 215 g/mol. The van der Waals surface area contributed by atoms with Crippen molar-refractivity contribution >= 4 is 16.7 Å². The smallest absolute Gasteiger partial charge is 0.179 e. The minimum absolute atomic E-state index is 0.230. The maximum absolute atomic E-state index is 12.0. The van der Waals surface area contributed by atoms with E-state index in [1.54, 1.807) is 0 Å². The number of carbonyl (C=O) groups excluding carboxylic acids is 1. The second-order valence-electron chi connectivity index (χ2n) is 4.67. The molecule has 84 valence electrons. The van der Waals surface area contributed by atoms with E-state index in [1.807, 2.05) is 41.9 Å². The molecule has 0 aliphatic rings. The summed E-state index contributed by atoms with van der Waals surface area (Å²) >= 11 is 0. The Bertz CT molecular complexity index is 523. The predicted molar refractivity (Wildman–Crippen MR) is 66.7 cm³/mol. The van der Waals surface area contributed by atoms with Crippen molar-refractivity contribution < 1.29 is 4.79 Å². The molecule has 0 bridgehead atoms. The molecule has 0 spiro atoms. The Morgan fingerprint density at radius 2 is 2.00 bits per heavy atom. The first kappa shape index (κ1) is 10.9. The number of ketones is 1. The lowest BCUT2D eigenvalue weighted by Gasteiger charge is -2.05. The van der Waals surface area contributed by atoms with E-state index in [4.69, 9.17) is 0 Å². The molecular weight excluding hydrogens is 198 g/mol. The highest BCUT2D eigenvalue weighted by molar-refractivity contribution is 6.00. The number of rotatable bonds is 3. The van der Waals surface area contributed by atoms with Gasteiger partial charge in [-0.15, -0.1) is 0 Å². The number of benzene rings is 1. The normalized spacial score (nSPS) is 11.2. The first-order valence-electron chi connectivity index (χ1n) is 5.67. The summed E-state index contributed by atoms with van der Waals surface area (Å²) in [7, 11) is 1.95. The van der Waals surface area contributed by atoms with Crippen LogP contribution in [0.5, 0.6) is 0 Å². The van der Waals surface area contributed by atoms with E-state index in [9.17, 15) is 4.79 Å². The minimum Gasteiger partial charge on any atom is -0.341 e. The molecule has 0 unspecified atom stereocenters. The van der Waals surface area contributed by atoms with Gasteiger partial charge in [0.05, 0.1) is 5.69 Å². The number of para-hydroxylation sites is 1. The highest BCUT2D eigenvalue weighted by atomic mass is 16.1. The third-order valence-corrected chi connectivity index (χ3v) is 2.83. The van der Waals surface area contributed by atoms with Gasteiger partial charge in [0.2, 0.25) is 0 Å². The number of carbonyl (C=O) groups is 1. The Labute approximate surface area is 95.9 Å². The van der Waals surface area contributed by atoms with Crippen LogP contribution in [0.1, 0.15) is 30.8 Å². The molecule has 0 saturated heterocycles. The number of aromatic nitrogens is 1. The standard InChI is InChI=1S/C14H17NO/c1-10(2)8-14(16)13-9-11-6-4-5-7-12(11)15(13)3/h4-7,9-10H,8H2,1-3H3. The number of fused-ring (bicyclic) bond motifs is 1. The van der Waals surface area contributed by atoms with Gasteiger partial charge in [0.25, 0.3) is 0 Å². The summed E-state index contributed by atoms with van der Waals surface area (Å²) in [4.78, 5) is 12.0. The second-order valence-corrected chi connectivity index (χ2v) is 4.67. The predicted octanol–water partition coefficient (Wildman–Crippen LogP) is 3.41. The Kier molecular flexibility index (Phi) is 2.82. The molecule has 0 amide bonds. The highest BCUT2D eigenvalue weighted by Crippen LogP contribution is 2.20. The molecule has 0 saturated carbocycles. The zero-order valence-electron chi connectivity index (χ0n) is 10.0. The summed E-state index contributed by atoms with van der Waals surface area (Å²) in [5.74, 6) is 0.638. The van der Waals surface area contributed by atoms with Crippen molar-refractivity contribution in [2.45, 2.75) is 20.3 Å². The minimum atomic E-state index is 0.230. The Balaban J connectivity index is 2.45. The van der Waals surface area contributed by atoms with Crippen molar-refractivity contribution in [3.05, 3.63) is 36.0 Å². The van der Waals surface area contributed by atoms with Gasteiger partial charge in [-0.05, 0) is 18.1 Å². The molecule has 2 aromatic rings. The largest absolute Gasteiger partial charge is 0.341 e. The van der Waals surface area contributed by atoms with Gasteiger partial charge < -0.3 is 4.57 Å². The summed E-state index contributed by atoms with van der Waals surface area (Å²) in [6, 6.07) is 10.1. The lowest BCUT2D eigenvalue weighted by Crippen LogP contribution is -2.08. The van der Waals surface area contributed by atoms with Crippen molar-refractivity contribution in [3.63, 3.8) is 0 Å². The van der Waals surface area contributed by atoms with E-state index in [0.29, 0.717) is 12.3 Å². The molecule has 1 aromatic heterocycles. The van der Waals surface area contributed by atoms with Crippen LogP contribution in [0.15, 0.2) is 30.3 Å². The molecule has 1 heterocycles. The highest BCUT2D eigenvalue weighted by Gasteiger charge is 2.13. The van der Waals surface area contributed by atoms with Crippen LogP contribution >= 0.6 is 0 Å². The van der Waals surface area contributed by atoms with Crippen molar-refractivity contribution in [1.82, 2.24) is 4.57 Å². The molecule has 2 heteroatoms. The summed E-state index contributed by atoms with van der Waals surface area (Å²) < 4.78 is 1.99. The zero-order valence-corrected chi connectivity index (χ0v) is 10.0. The van der Waals surface area contributed by atoms with Crippen molar-refractivity contribution in [2.24, 2.45) is 13.0 Å². The maximum Gasteiger partial charge on any atom is 0.179 e. The fourth-order valence-electron chi connectivity index (χ4n) is 2.03. The molecule has 0 aliphatic carbocycles. The summed E-state index contributed by atoms with van der Waals surface area (Å²) in [5, 5.41) is 1.14. The molecule has 0 radical (unpaired) electrons. The van der Waals surface area contributed by atoms with Gasteiger partial charge in [0.1, 0.15) is 0 Å². The van der Waals surface area contributed by atoms with E-state index < -0.39 is 0 Å². The molecule has 1 aromatic carbocycles.